The van der Waals surface area contributed by atoms with Crippen LogP contribution < -0.4 is 10.6 Å². The molecule has 1 heterocycles. The summed E-state index contributed by atoms with van der Waals surface area (Å²) < 4.78 is 0. The molecule has 0 saturated heterocycles. The Balaban J connectivity index is 1.81. The molecule has 0 unspecified atom stereocenters. The number of benzene rings is 1. The standard InChI is InChI=1S/C13H16ClN3O/c14-5-8-17-13(18)16-6-3-10-1-2-11-4-7-15-12(11)9-10/h1-2,4,7,9,15H,3,5-6,8H2,(H2,16,17,18). The lowest BCUT2D eigenvalue weighted by Gasteiger charge is -2.06. The second-order valence-corrected chi connectivity index (χ2v) is 4.40. The maximum atomic E-state index is 11.3. The molecule has 0 aliphatic carbocycles. The van der Waals surface area contributed by atoms with Crippen molar-refractivity contribution in [3.8, 4) is 0 Å². The van der Waals surface area contributed by atoms with Crippen LogP contribution in [0.1, 0.15) is 5.56 Å². The number of halogens is 1. The Hall–Kier alpha value is -1.68. The molecule has 0 bridgehead atoms. The van der Waals surface area contributed by atoms with Gasteiger partial charge in [-0.1, -0.05) is 12.1 Å². The highest BCUT2D eigenvalue weighted by molar-refractivity contribution is 6.18. The third-order valence-corrected chi connectivity index (χ3v) is 2.89. The minimum absolute atomic E-state index is 0.170. The summed E-state index contributed by atoms with van der Waals surface area (Å²) in [6.07, 6.45) is 2.73. The number of hydrogen-bond acceptors (Lipinski definition) is 1. The van der Waals surface area contributed by atoms with Crippen molar-refractivity contribution in [2.45, 2.75) is 6.42 Å². The molecule has 2 amide bonds. The summed E-state index contributed by atoms with van der Waals surface area (Å²) in [6, 6.07) is 8.13. The Kier molecular flexibility index (Phi) is 4.47. The highest BCUT2D eigenvalue weighted by Crippen LogP contribution is 2.14. The molecular formula is C13H16ClN3O. The van der Waals surface area contributed by atoms with E-state index >= 15 is 0 Å². The van der Waals surface area contributed by atoms with Gasteiger partial charge in [0.1, 0.15) is 0 Å². The summed E-state index contributed by atoms with van der Waals surface area (Å²) >= 11 is 5.47. The number of aromatic amines is 1. The summed E-state index contributed by atoms with van der Waals surface area (Å²) in [5.41, 5.74) is 2.32. The number of fused-ring (bicyclic) bond motifs is 1. The largest absolute Gasteiger partial charge is 0.361 e. The molecule has 4 nitrogen and oxygen atoms in total. The van der Waals surface area contributed by atoms with Crippen molar-refractivity contribution in [1.82, 2.24) is 15.6 Å². The zero-order valence-corrected chi connectivity index (χ0v) is 10.8. The molecule has 0 atom stereocenters. The van der Waals surface area contributed by atoms with E-state index in [1.54, 1.807) is 0 Å². The van der Waals surface area contributed by atoms with Crippen molar-refractivity contribution >= 4 is 28.5 Å². The highest BCUT2D eigenvalue weighted by atomic mass is 35.5. The van der Waals surface area contributed by atoms with Crippen LogP contribution in [0, 0.1) is 0 Å². The SMILES string of the molecule is O=C(NCCCl)NCCc1ccc2cc[nH]c2c1. The van der Waals surface area contributed by atoms with Gasteiger partial charge in [-0.15, -0.1) is 11.6 Å². The summed E-state index contributed by atoms with van der Waals surface area (Å²) in [7, 11) is 0. The molecule has 0 saturated carbocycles. The molecule has 1 aromatic carbocycles. The monoisotopic (exact) mass is 265 g/mol. The molecule has 5 heteroatoms. The van der Waals surface area contributed by atoms with Crippen LogP contribution in [0.2, 0.25) is 0 Å². The van der Waals surface area contributed by atoms with Gasteiger partial charge in [-0.05, 0) is 29.5 Å². The first-order valence-electron chi connectivity index (χ1n) is 5.93. The fourth-order valence-electron chi connectivity index (χ4n) is 1.79. The maximum Gasteiger partial charge on any atom is 0.314 e. The van der Waals surface area contributed by atoms with Crippen molar-refractivity contribution in [1.29, 1.82) is 0 Å². The van der Waals surface area contributed by atoms with E-state index in [-0.39, 0.29) is 6.03 Å². The van der Waals surface area contributed by atoms with E-state index in [1.807, 2.05) is 12.3 Å². The van der Waals surface area contributed by atoms with Crippen LogP contribution in [-0.4, -0.2) is 30.0 Å². The Morgan fingerprint density at radius 2 is 2.06 bits per heavy atom. The van der Waals surface area contributed by atoms with E-state index in [2.05, 4.69) is 33.8 Å². The molecule has 0 radical (unpaired) electrons. The van der Waals surface area contributed by atoms with Crippen molar-refractivity contribution < 1.29 is 4.79 Å². The third-order valence-electron chi connectivity index (χ3n) is 2.70. The number of amides is 2. The lowest BCUT2D eigenvalue weighted by Crippen LogP contribution is -2.37. The molecular weight excluding hydrogens is 250 g/mol. The van der Waals surface area contributed by atoms with Crippen molar-refractivity contribution in [2.24, 2.45) is 0 Å². The molecule has 2 aromatic rings. The van der Waals surface area contributed by atoms with Crippen molar-refractivity contribution in [2.75, 3.05) is 19.0 Å². The maximum absolute atomic E-state index is 11.3. The number of carbonyl (C=O) groups excluding carboxylic acids is 1. The number of hydrogen-bond donors (Lipinski definition) is 3. The average Bonchev–Trinajstić information content (AvgIpc) is 2.83. The van der Waals surface area contributed by atoms with Crippen molar-refractivity contribution in [3.63, 3.8) is 0 Å². The Labute approximate surface area is 111 Å². The van der Waals surface area contributed by atoms with E-state index < -0.39 is 0 Å². The Bertz CT molecular complexity index is 524. The minimum Gasteiger partial charge on any atom is -0.361 e. The number of alkyl halides is 1. The van der Waals surface area contributed by atoms with Gasteiger partial charge in [-0.25, -0.2) is 4.79 Å². The van der Waals surface area contributed by atoms with Gasteiger partial charge >= 0.3 is 6.03 Å². The van der Waals surface area contributed by atoms with Crippen LogP contribution in [0.5, 0.6) is 0 Å². The summed E-state index contributed by atoms with van der Waals surface area (Å²) in [4.78, 5) is 14.4. The molecule has 0 aliphatic rings. The number of carbonyl (C=O) groups is 1. The molecule has 96 valence electrons. The fraction of sp³-hybridized carbons (Fsp3) is 0.308. The lowest BCUT2D eigenvalue weighted by atomic mass is 10.1. The minimum atomic E-state index is -0.170. The number of urea groups is 1. The number of rotatable bonds is 5. The van der Waals surface area contributed by atoms with E-state index in [1.165, 1.54) is 10.9 Å². The van der Waals surface area contributed by atoms with Crippen LogP contribution >= 0.6 is 11.6 Å². The quantitative estimate of drug-likeness (QED) is 0.714. The molecule has 2 rings (SSSR count). The lowest BCUT2D eigenvalue weighted by molar-refractivity contribution is 0.241. The predicted molar refractivity (Wildman–Crippen MR) is 74.1 cm³/mol. The van der Waals surface area contributed by atoms with E-state index in [9.17, 15) is 4.79 Å². The van der Waals surface area contributed by atoms with Gasteiger partial charge in [0.2, 0.25) is 0 Å². The first kappa shape index (κ1) is 12.8. The average molecular weight is 266 g/mol. The molecule has 0 spiro atoms. The van der Waals surface area contributed by atoms with Crippen LogP contribution in [0.4, 0.5) is 4.79 Å². The van der Waals surface area contributed by atoms with Gasteiger partial charge in [0.05, 0.1) is 0 Å². The van der Waals surface area contributed by atoms with Crippen LogP contribution in [0.3, 0.4) is 0 Å². The Morgan fingerprint density at radius 1 is 1.22 bits per heavy atom. The smallest absolute Gasteiger partial charge is 0.314 e. The van der Waals surface area contributed by atoms with Gasteiger partial charge in [0.15, 0.2) is 0 Å². The molecule has 1 aromatic heterocycles. The third kappa shape index (κ3) is 3.40. The molecule has 3 N–H and O–H groups in total. The van der Waals surface area contributed by atoms with Crippen molar-refractivity contribution in [3.05, 3.63) is 36.0 Å². The number of aromatic nitrogens is 1. The van der Waals surface area contributed by atoms with E-state index in [0.717, 1.165) is 11.9 Å². The first-order chi connectivity index (χ1) is 8.79. The molecule has 0 fully saturated rings. The molecule has 18 heavy (non-hydrogen) atoms. The predicted octanol–water partition coefficient (Wildman–Crippen LogP) is 2.25. The molecule has 0 aliphatic heterocycles. The van der Waals surface area contributed by atoms with E-state index in [0.29, 0.717) is 19.0 Å². The Morgan fingerprint density at radius 3 is 2.89 bits per heavy atom. The van der Waals surface area contributed by atoms with Gasteiger partial charge < -0.3 is 15.6 Å². The summed E-state index contributed by atoms with van der Waals surface area (Å²) in [6.45, 7) is 1.10. The summed E-state index contributed by atoms with van der Waals surface area (Å²) in [5.74, 6) is 0.427. The second kappa shape index (κ2) is 6.31. The van der Waals surface area contributed by atoms with Crippen LogP contribution in [0.15, 0.2) is 30.5 Å². The van der Waals surface area contributed by atoms with Crippen LogP contribution in [-0.2, 0) is 6.42 Å². The highest BCUT2D eigenvalue weighted by Gasteiger charge is 2.00. The number of nitrogens with one attached hydrogen (secondary N) is 3. The van der Waals surface area contributed by atoms with Gasteiger partial charge in [0, 0.05) is 30.7 Å². The fourth-order valence-corrected chi connectivity index (χ4v) is 1.89. The second-order valence-electron chi connectivity index (χ2n) is 4.02. The van der Waals surface area contributed by atoms with Gasteiger partial charge in [-0.3, -0.25) is 0 Å². The van der Waals surface area contributed by atoms with Crippen LogP contribution in [0.25, 0.3) is 10.9 Å². The zero-order chi connectivity index (χ0) is 12.8. The topological polar surface area (TPSA) is 56.9 Å². The normalized spacial score (nSPS) is 10.5. The summed E-state index contributed by atoms with van der Waals surface area (Å²) in [5, 5.41) is 6.65. The van der Waals surface area contributed by atoms with Gasteiger partial charge in [-0.2, -0.15) is 0 Å². The number of H-pyrrole nitrogens is 1. The zero-order valence-electron chi connectivity index (χ0n) is 10.0. The van der Waals surface area contributed by atoms with E-state index in [4.69, 9.17) is 11.6 Å². The first-order valence-corrected chi connectivity index (χ1v) is 6.47. The van der Waals surface area contributed by atoms with Gasteiger partial charge in [0.25, 0.3) is 0 Å².